The molecule has 3 aromatic rings. The van der Waals surface area contributed by atoms with Gasteiger partial charge in [-0.15, -0.1) is 0 Å². The van der Waals surface area contributed by atoms with E-state index in [9.17, 15) is 14.3 Å². The summed E-state index contributed by atoms with van der Waals surface area (Å²) in [6.45, 7) is 1.86. The molecule has 0 aliphatic carbocycles. The summed E-state index contributed by atoms with van der Waals surface area (Å²) in [6, 6.07) is 18.7. The Bertz CT molecular complexity index is 1130. The van der Waals surface area contributed by atoms with E-state index in [-0.39, 0.29) is 29.7 Å². The zero-order valence-corrected chi connectivity index (χ0v) is 16.9. The van der Waals surface area contributed by atoms with E-state index in [1.54, 1.807) is 31.2 Å². The largest absolute Gasteiger partial charge is 0.486 e. The SMILES string of the molecule is CC1=COC(C(=O)c2ccc(Cc3ccc(F)cc3)o2)=C(OCc2ccccc2)C1O. The quantitative estimate of drug-likeness (QED) is 0.550. The van der Waals surface area contributed by atoms with Gasteiger partial charge in [-0.1, -0.05) is 42.5 Å². The number of benzene rings is 2. The smallest absolute Gasteiger partial charge is 0.266 e. The number of ketones is 1. The second kappa shape index (κ2) is 9.02. The molecule has 5 nitrogen and oxygen atoms in total. The van der Waals surface area contributed by atoms with Crippen molar-refractivity contribution in [1.82, 2.24) is 0 Å². The molecule has 0 saturated carbocycles. The summed E-state index contributed by atoms with van der Waals surface area (Å²) >= 11 is 0. The minimum atomic E-state index is -1.09. The molecule has 1 unspecified atom stereocenters. The third kappa shape index (κ3) is 4.75. The summed E-state index contributed by atoms with van der Waals surface area (Å²) in [7, 11) is 0. The van der Waals surface area contributed by atoms with Gasteiger partial charge in [-0.2, -0.15) is 0 Å². The number of hydrogen-bond acceptors (Lipinski definition) is 5. The zero-order valence-electron chi connectivity index (χ0n) is 16.9. The van der Waals surface area contributed by atoms with Gasteiger partial charge >= 0.3 is 0 Å². The van der Waals surface area contributed by atoms with Crippen LogP contribution in [-0.4, -0.2) is 17.0 Å². The van der Waals surface area contributed by atoms with Crippen molar-refractivity contribution >= 4 is 5.78 Å². The molecule has 1 aliphatic heterocycles. The molecule has 1 N–H and O–H groups in total. The fourth-order valence-corrected chi connectivity index (χ4v) is 3.16. The van der Waals surface area contributed by atoms with Crippen molar-refractivity contribution < 1.29 is 28.2 Å². The van der Waals surface area contributed by atoms with Crippen molar-refractivity contribution in [2.75, 3.05) is 0 Å². The highest BCUT2D eigenvalue weighted by Crippen LogP contribution is 2.28. The number of halogens is 1. The predicted octanol–water partition coefficient (Wildman–Crippen LogP) is 4.92. The van der Waals surface area contributed by atoms with Gasteiger partial charge < -0.3 is 19.0 Å². The Morgan fingerprint density at radius 3 is 2.52 bits per heavy atom. The highest BCUT2D eigenvalue weighted by molar-refractivity contribution is 6.06. The van der Waals surface area contributed by atoms with Crippen LogP contribution in [0.2, 0.25) is 0 Å². The lowest BCUT2D eigenvalue weighted by molar-refractivity contribution is 0.0710. The molecule has 2 heterocycles. The second-order valence-corrected chi connectivity index (χ2v) is 7.25. The molecule has 2 aromatic carbocycles. The van der Waals surface area contributed by atoms with Crippen molar-refractivity contribution in [2.45, 2.75) is 26.1 Å². The summed E-state index contributed by atoms with van der Waals surface area (Å²) in [5, 5.41) is 10.6. The lowest BCUT2D eigenvalue weighted by Crippen LogP contribution is -2.24. The van der Waals surface area contributed by atoms with Crippen LogP contribution in [0.15, 0.2) is 94.5 Å². The van der Waals surface area contributed by atoms with E-state index in [0.29, 0.717) is 17.8 Å². The molecule has 1 aromatic heterocycles. The van der Waals surface area contributed by atoms with Crippen molar-refractivity contribution in [2.24, 2.45) is 0 Å². The van der Waals surface area contributed by atoms with E-state index in [1.165, 1.54) is 18.4 Å². The van der Waals surface area contributed by atoms with Crippen LogP contribution in [0.1, 0.15) is 34.4 Å². The molecule has 6 heteroatoms. The predicted molar refractivity (Wildman–Crippen MR) is 111 cm³/mol. The molecular weight excluding hydrogens is 399 g/mol. The van der Waals surface area contributed by atoms with Crippen LogP contribution < -0.4 is 0 Å². The van der Waals surface area contributed by atoms with Gasteiger partial charge in [0.15, 0.2) is 11.5 Å². The molecule has 0 bridgehead atoms. The first kappa shape index (κ1) is 20.6. The van der Waals surface area contributed by atoms with Gasteiger partial charge in [0.2, 0.25) is 5.76 Å². The molecule has 0 radical (unpaired) electrons. The first-order valence-electron chi connectivity index (χ1n) is 9.81. The Morgan fingerprint density at radius 2 is 1.77 bits per heavy atom. The number of aliphatic hydroxyl groups is 1. The molecule has 158 valence electrons. The third-order valence-electron chi connectivity index (χ3n) is 4.89. The van der Waals surface area contributed by atoms with Crippen LogP contribution in [0, 0.1) is 5.82 Å². The number of furan rings is 1. The number of carbonyl (C=O) groups is 1. The summed E-state index contributed by atoms with van der Waals surface area (Å²) in [5.74, 6) is -0.304. The Balaban J connectivity index is 1.54. The molecule has 31 heavy (non-hydrogen) atoms. The van der Waals surface area contributed by atoms with Crippen LogP contribution in [-0.2, 0) is 22.5 Å². The van der Waals surface area contributed by atoms with Gasteiger partial charge in [0, 0.05) is 6.42 Å². The first-order valence-corrected chi connectivity index (χ1v) is 9.81. The molecular formula is C25H21FO5. The van der Waals surface area contributed by atoms with Crippen LogP contribution in [0.4, 0.5) is 4.39 Å². The number of Topliss-reactive ketones (excluding diaryl/α,β-unsaturated/α-hetero) is 1. The van der Waals surface area contributed by atoms with Crippen molar-refractivity contribution in [1.29, 1.82) is 0 Å². The van der Waals surface area contributed by atoms with Gasteiger partial charge in [-0.05, 0) is 47.9 Å². The molecule has 0 amide bonds. The van der Waals surface area contributed by atoms with Gasteiger partial charge in [0.25, 0.3) is 5.78 Å². The zero-order chi connectivity index (χ0) is 21.8. The van der Waals surface area contributed by atoms with Crippen molar-refractivity contribution in [3.8, 4) is 0 Å². The Hall–Kier alpha value is -3.64. The minimum absolute atomic E-state index is 0.0466. The van der Waals surface area contributed by atoms with Crippen LogP contribution >= 0.6 is 0 Å². The van der Waals surface area contributed by atoms with E-state index in [2.05, 4.69) is 0 Å². The van der Waals surface area contributed by atoms with E-state index in [1.807, 2.05) is 30.3 Å². The first-order chi connectivity index (χ1) is 15.0. The average Bonchev–Trinajstić information content (AvgIpc) is 3.25. The summed E-state index contributed by atoms with van der Waals surface area (Å²) in [6.07, 6.45) is 0.646. The fraction of sp³-hybridized carbons (Fsp3) is 0.160. The fourth-order valence-electron chi connectivity index (χ4n) is 3.16. The molecule has 0 fully saturated rings. The van der Waals surface area contributed by atoms with Crippen molar-refractivity contribution in [3.05, 3.63) is 119 Å². The maximum Gasteiger partial charge on any atom is 0.266 e. The van der Waals surface area contributed by atoms with Crippen LogP contribution in [0.3, 0.4) is 0 Å². The van der Waals surface area contributed by atoms with Crippen LogP contribution in [0.25, 0.3) is 0 Å². The summed E-state index contributed by atoms with van der Waals surface area (Å²) in [4.78, 5) is 13.0. The average molecular weight is 420 g/mol. The highest BCUT2D eigenvalue weighted by Gasteiger charge is 2.31. The number of hydrogen-bond donors (Lipinski definition) is 1. The Morgan fingerprint density at radius 1 is 1.03 bits per heavy atom. The maximum atomic E-state index is 13.1. The number of carbonyl (C=O) groups excluding carboxylic acids is 1. The highest BCUT2D eigenvalue weighted by atomic mass is 19.1. The molecule has 0 spiro atoms. The third-order valence-corrected chi connectivity index (χ3v) is 4.89. The number of aliphatic hydroxyl groups excluding tert-OH is 1. The van der Waals surface area contributed by atoms with Crippen LogP contribution in [0.5, 0.6) is 0 Å². The molecule has 1 atom stereocenters. The Kier molecular flexibility index (Phi) is 6.00. The van der Waals surface area contributed by atoms with E-state index >= 15 is 0 Å². The topological polar surface area (TPSA) is 68.9 Å². The molecule has 0 saturated heterocycles. The minimum Gasteiger partial charge on any atom is -0.486 e. The van der Waals surface area contributed by atoms with E-state index < -0.39 is 11.9 Å². The van der Waals surface area contributed by atoms with Gasteiger partial charge in [0.05, 0.1) is 6.26 Å². The van der Waals surface area contributed by atoms with E-state index in [0.717, 1.165) is 11.1 Å². The van der Waals surface area contributed by atoms with E-state index in [4.69, 9.17) is 13.9 Å². The van der Waals surface area contributed by atoms with Gasteiger partial charge in [-0.25, -0.2) is 4.39 Å². The number of allylic oxidation sites excluding steroid dienone is 1. The standard InChI is InChI=1S/C25H21FO5/c1-16-14-29-25(24(22(16)27)30-15-18-5-3-2-4-6-18)23(28)21-12-11-20(31-21)13-17-7-9-19(26)10-8-17/h2-12,14,22,27H,13,15H2,1H3. The monoisotopic (exact) mass is 420 g/mol. The summed E-state index contributed by atoms with van der Waals surface area (Å²) in [5.41, 5.74) is 2.26. The van der Waals surface area contributed by atoms with Gasteiger partial charge in [0.1, 0.15) is 24.3 Å². The lowest BCUT2D eigenvalue weighted by atomic mass is 10.1. The molecule has 4 rings (SSSR count). The van der Waals surface area contributed by atoms with Crippen molar-refractivity contribution in [3.63, 3.8) is 0 Å². The second-order valence-electron chi connectivity index (χ2n) is 7.25. The summed E-state index contributed by atoms with van der Waals surface area (Å²) < 4.78 is 30.1. The molecule has 1 aliphatic rings. The Labute approximate surface area is 179 Å². The van der Waals surface area contributed by atoms with Gasteiger partial charge in [-0.3, -0.25) is 4.79 Å². The number of ether oxygens (including phenoxy) is 2. The normalized spacial score (nSPS) is 16.0. The number of rotatable bonds is 7. The maximum absolute atomic E-state index is 13.1. The lowest BCUT2D eigenvalue weighted by Gasteiger charge is -2.23.